The Kier molecular flexibility index (Phi) is 15.8. The Bertz CT molecular complexity index is 1130. The lowest BCUT2D eigenvalue weighted by Gasteiger charge is -2.27. The van der Waals surface area contributed by atoms with Gasteiger partial charge in [0, 0.05) is 26.6 Å². The predicted molar refractivity (Wildman–Crippen MR) is 166 cm³/mol. The van der Waals surface area contributed by atoms with Crippen molar-refractivity contribution in [3.05, 3.63) is 59.7 Å². The highest BCUT2D eigenvalue weighted by molar-refractivity contribution is 6.00. The molecule has 2 aromatic rings. The van der Waals surface area contributed by atoms with Crippen LogP contribution in [-0.2, 0) is 41.6 Å². The number of rotatable bonds is 20. The Balaban J connectivity index is 2.20. The summed E-state index contributed by atoms with van der Waals surface area (Å²) in [5, 5.41) is 0. The molecule has 0 aliphatic heterocycles. The van der Waals surface area contributed by atoms with Gasteiger partial charge >= 0.3 is 11.9 Å². The highest BCUT2D eigenvalue weighted by Crippen LogP contribution is 2.33. The molecule has 0 N–H and O–H groups in total. The largest absolute Gasteiger partial charge is 0.493 e. The smallest absolute Gasteiger partial charge is 0.316 e. The van der Waals surface area contributed by atoms with E-state index in [4.69, 9.17) is 23.7 Å². The summed E-state index contributed by atoms with van der Waals surface area (Å²) >= 11 is 0. The molecule has 1 unspecified atom stereocenters. The lowest BCUT2D eigenvalue weighted by molar-refractivity contribution is -0.157. The van der Waals surface area contributed by atoms with Crippen LogP contribution in [-0.4, -0.2) is 51.8 Å². The number of esters is 2. The number of hydrogen-bond donors (Lipinski definition) is 0. The Morgan fingerprint density at radius 1 is 0.791 bits per heavy atom. The van der Waals surface area contributed by atoms with Gasteiger partial charge in [-0.3, -0.25) is 14.4 Å². The molecule has 2 rings (SSSR count). The number of ether oxygens (including phenoxy) is 5. The molecule has 0 aromatic heterocycles. The summed E-state index contributed by atoms with van der Waals surface area (Å²) in [5.41, 5.74) is 1.89. The summed E-state index contributed by atoms with van der Waals surface area (Å²) in [5.74, 6) is -1.60. The van der Waals surface area contributed by atoms with E-state index in [2.05, 4.69) is 13.8 Å². The van der Waals surface area contributed by atoms with Crippen molar-refractivity contribution in [3.63, 3.8) is 0 Å². The first-order valence-corrected chi connectivity index (χ1v) is 15.3. The highest BCUT2D eigenvalue weighted by atomic mass is 16.5. The van der Waals surface area contributed by atoms with E-state index in [1.807, 2.05) is 62.4 Å². The maximum atomic E-state index is 13.7. The van der Waals surface area contributed by atoms with E-state index in [0.717, 1.165) is 17.5 Å². The normalized spacial score (nSPS) is 13.3. The highest BCUT2D eigenvalue weighted by Gasteiger charge is 2.36. The average Bonchev–Trinajstić information content (AvgIpc) is 2.99. The van der Waals surface area contributed by atoms with Crippen LogP contribution in [0.25, 0.3) is 0 Å². The molecule has 0 radical (unpaired) electrons. The summed E-state index contributed by atoms with van der Waals surface area (Å²) in [7, 11) is 3.26. The molecule has 0 heterocycles. The Labute approximate surface area is 257 Å². The van der Waals surface area contributed by atoms with E-state index in [1.165, 1.54) is 0 Å². The van der Waals surface area contributed by atoms with Crippen molar-refractivity contribution in [2.24, 2.45) is 29.6 Å². The molecule has 2 aromatic carbocycles. The van der Waals surface area contributed by atoms with Crippen molar-refractivity contribution in [1.29, 1.82) is 0 Å². The van der Waals surface area contributed by atoms with Crippen LogP contribution in [0.3, 0.4) is 0 Å². The van der Waals surface area contributed by atoms with E-state index in [9.17, 15) is 14.4 Å². The standard InChI is InChI=1S/C35H50O8/c1-8-41-35(38)30(31(36)22-29(25(4)5)34(37)43-23-26-13-10-9-11-14-26)21-28(24(2)3)19-27-15-16-32(40-7)33(20-27)42-18-12-17-39-6/h9-11,13-16,20,24-25,28-30H,8,12,17-19,21-23H2,1-7H3/t28-,29-,30?/m0/s1. The van der Waals surface area contributed by atoms with Crippen LogP contribution in [0.1, 0.15) is 65.0 Å². The zero-order chi connectivity index (χ0) is 31.8. The minimum atomic E-state index is -0.974. The maximum Gasteiger partial charge on any atom is 0.316 e. The first kappa shape index (κ1) is 35.8. The molecule has 0 spiro atoms. The minimum Gasteiger partial charge on any atom is -0.493 e. The summed E-state index contributed by atoms with van der Waals surface area (Å²) in [6.07, 6.45) is 1.61. The van der Waals surface area contributed by atoms with Gasteiger partial charge < -0.3 is 23.7 Å². The molecule has 3 atom stereocenters. The van der Waals surface area contributed by atoms with Gasteiger partial charge in [0.05, 0.1) is 26.2 Å². The zero-order valence-corrected chi connectivity index (χ0v) is 26.9. The third-order valence-corrected chi connectivity index (χ3v) is 7.67. The molecule has 0 aliphatic carbocycles. The first-order valence-electron chi connectivity index (χ1n) is 15.3. The van der Waals surface area contributed by atoms with Crippen molar-refractivity contribution in [2.75, 3.05) is 34.0 Å². The van der Waals surface area contributed by atoms with E-state index < -0.39 is 23.8 Å². The van der Waals surface area contributed by atoms with E-state index in [0.29, 0.717) is 37.6 Å². The Hall–Kier alpha value is -3.39. The zero-order valence-electron chi connectivity index (χ0n) is 26.9. The molecule has 0 amide bonds. The van der Waals surface area contributed by atoms with Crippen LogP contribution in [0.2, 0.25) is 0 Å². The van der Waals surface area contributed by atoms with E-state index in [-0.39, 0.29) is 43.2 Å². The van der Waals surface area contributed by atoms with Crippen molar-refractivity contribution < 1.29 is 38.1 Å². The fourth-order valence-corrected chi connectivity index (χ4v) is 4.93. The van der Waals surface area contributed by atoms with Crippen molar-refractivity contribution in [3.8, 4) is 11.5 Å². The van der Waals surface area contributed by atoms with E-state index >= 15 is 0 Å². The second-order valence-electron chi connectivity index (χ2n) is 11.5. The summed E-state index contributed by atoms with van der Waals surface area (Å²) in [6, 6.07) is 15.2. The molecular formula is C35H50O8. The second-order valence-corrected chi connectivity index (χ2v) is 11.5. The third-order valence-electron chi connectivity index (χ3n) is 7.67. The van der Waals surface area contributed by atoms with Gasteiger partial charge in [-0.1, -0.05) is 64.1 Å². The second kappa shape index (κ2) is 19.0. The number of Topliss-reactive ketones (excluding diaryl/α,β-unsaturated/α-hetero) is 1. The van der Waals surface area contributed by atoms with Crippen LogP contribution in [0.5, 0.6) is 11.5 Å². The molecule has 238 valence electrons. The molecule has 8 heteroatoms. The van der Waals surface area contributed by atoms with Crippen LogP contribution < -0.4 is 9.47 Å². The van der Waals surface area contributed by atoms with Gasteiger partial charge in [-0.25, -0.2) is 0 Å². The molecule has 0 bridgehead atoms. The van der Waals surface area contributed by atoms with Gasteiger partial charge in [-0.2, -0.15) is 0 Å². The third kappa shape index (κ3) is 12.0. The molecule has 8 nitrogen and oxygen atoms in total. The number of carbonyl (C=O) groups is 3. The first-order chi connectivity index (χ1) is 20.6. The SMILES string of the molecule is CCOC(=O)C(C[C@H](Cc1ccc(OC)c(OCCCOC)c1)C(C)C)C(=O)C[C@H](C(=O)OCc1ccccc1)C(C)C. The predicted octanol–water partition coefficient (Wildman–Crippen LogP) is 6.47. The Morgan fingerprint density at radius 3 is 2.12 bits per heavy atom. The van der Waals surface area contributed by atoms with Gasteiger partial charge in [-0.05, 0) is 60.8 Å². The Morgan fingerprint density at radius 2 is 1.51 bits per heavy atom. The lowest BCUT2D eigenvalue weighted by Crippen LogP contribution is -2.34. The summed E-state index contributed by atoms with van der Waals surface area (Å²) in [4.78, 5) is 39.9. The van der Waals surface area contributed by atoms with Crippen LogP contribution in [0.15, 0.2) is 48.5 Å². The molecule has 43 heavy (non-hydrogen) atoms. The molecule has 0 saturated heterocycles. The average molecular weight is 599 g/mol. The van der Waals surface area contributed by atoms with Gasteiger partial charge in [0.2, 0.25) is 0 Å². The van der Waals surface area contributed by atoms with Crippen LogP contribution in [0.4, 0.5) is 0 Å². The molecule has 0 fully saturated rings. The summed E-state index contributed by atoms with van der Waals surface area (Å²) < 4.78 is 27.5. The lowest BCUT2D eigenvalue weighted by atomic mass is 9.78. The monoisotopic (exact) mass is 598 g/mol. The number of ketones is 1. The number of carbonyl (C=O) groups excluding carboxylic acids is 3. The van der Waals surface area contributed by atoms with Gasteiger partial charge in [-0.15, -0.1) is 0 Å². The van der Waals surface area contributed by atoms with E-state index in [1.54, 1.807) is 21.1 Å². The fourth-order valence-electron chi connectivity index (χ4n) is 4.93. The number of hydrogen-bond acceptors (Lipinski definition) is 8. The van der Waals surface area contributed by atoms with Crippen molar-refractivity contribution in [1.82, 2.24) is 0 Å². The quantitative estimate of drug-likeness (QED) is 0.0972. The van der Waals surface area contributed by atoms with Gasteiger partial charge in [0.25, 0.3) is 0 Å². The minimum absolute atomic E-state index is 0.00405. The van der Waals surface area contributed by atoms with Crippen molar-refractivity contribution >= 4 is 17.7 Å². The maximum absolute atomic E-state index is 13.7. The van der Waals surface area contributed by atoms with Gasteiger partial charge in [0.15, 0.2) is 11.5 Å². The number of benzene rings is 2. The topological polar surface area (TPSA) is 97.4 Å². The molecular weight excluding hydrogens is 548 g/mol. The molecule has 0 aliphatic rings. The van der Waals surface area contributed by atoms with Crippen LogP contribution in [0, 0.1) is 29.6 Å². The fraction of sp³-hybridized carbons (Fsp3) is 0.571. The molecule has 0 saturated carbocycles. The number of methoxy groups -OCH3 is 2. The van der Waals surface area contributed by atoms with Crippen LogP contribution >= 0.6 is 0 Å². The van der Waals surface area contributed by atoms with Crippen molar-refractivity contribution in [2.45, 2.75) is 66.9 Å². The summed E-state index contributed by atoms with van der Waals surface area (Å²) in [6.45, 7) is 11.1. The van der Waals surface area contributed by atoms with Gasteiger partial charge in [0.1, 0.15) is 18.3 Å².